The molecule has 0 bridgehead atoms. The van der Waals surface area contributed by atoms with Gasteiger partial charge < -0.3 is 19.5 Å². The molecule has 1 unspecified atom stereocenters. The molecule has 2 aromatic carbocycles. The molecule has 1 heterocycles. The van der Waals surface area contributed by atoms with Crippen LogP contribution in [0.5, 0.6) is 11.6 Å². The zero-order chi connectivity index (χ0) is 20.5. The molecule has 29 heavy (non-hydrogen) atoms. The number of methoxy groups -OCH3 is 1. The first-order valence-electron chi connectivity index (χ1n) is 9.37. The predicted molar refractivity (Wildman–Crippen MR) is 112 cm³/mol. The third kappa shape index (κ3) is 5.80. The number of anilines is 1. The van der Waals surface area contributed by atoms with Gasteiger partial charge in [0.15, 0.2) is 6.10 Å². The van der Waals surface area contributed by atoms with Gasteiger partial charge in [-0.2, -0.15) is 0 Å². The van der Waals surface area contributed by atoms with E-state index in [1.165, 1.54) is 0 Å². The summed E-state index contributed by atoms with van der Waals surface area (Å²) in [4.78, 5) is 16.7. The van der Waals surface area contributed by atoms with Crippen LogP contribution in [0.3, 0.4) is 0 Å². The molecule has 1 atom stereocenters. The number of aromatic nitrogens is 1. The zero-order valence-electron chi connectivity index (χ0n) is 16.5. The number of benzene rings is 2. The number of pyridine rings is 1. The molecule has 0 fully saturated rings. The first-order valence-corrected chi connectivity index (χ1v) is 9.37. The van der Waals surface area contributed by atoms with Crippen molar-refractivity contribution in [2.24, 2.45) is 0 Å². The largest absolute Gasteiger partial charge is 0.481 e. The molecule has 1 amide bonds. The third-order valence-electron chi connectivity index (χ3n) is 4.20. The van der Waals surface area contributed by atoms with E-state index in [2.05, 4.69) is 10.3 Å². The van der Waals surface area contributed by atoms with Crippen LogP contribution < -0.4 is 14.8 Å². The van der Waals surface area contributed by atoms with Crippen LogP contribution in [-0.2, 0) is 9.53 Å². The average Bonchev–Trinajstić information content (AvgIpc) is 2.76. The van der Waals surface area contributed by atoms with E-state index < -0.39 is 6.10 Å². The second kappa shape index (κ2) is 10.2. The number of hydrogen-bond acceptors (Lipinski definition) is 5. The van der Waals surface area contributed by atoms with E-state index in [4.69, 9.17) is 14.2 Å². The molecule has 3 rings (SSSR count). The minimum atomic E-state index is -0.690. The topological polar surface area (TPSA) is 69.7 Å². The number of ether oxygens (including phenoxy) is 3. The number of amides is 1. The Labute approximate surface area is 170 Å². The highest BCUT2D eigenvalue weighted by atomic mass is 16.5. The van der Waals surface area contributed by atoms with Gasteiger partial charge in [-0.25, -0.2) is 4.98 Å². The summed E-state index contributed by atoms with van der Waals surface area (Å²) < 4.78 is 16.3. The summed E-state index contributed by atoms with van der Waals surface area (Å²) >= 11 is 0. The smallest absolute Gasteiger partial charge is 0.265 e. The molecule has 0 aliphatic heterocycles. The van der Waals surface area contributed by atoms with Crippen molar-refractivity contribution in [1.82, 2.24) is 4.98 Å². The third-order valence-corrected chi connectivity index (χ3v) is 4.20. The SMILES string of the molecule is COCCOc1ncccc1NC(=O)C(C)Oc1ccc(-c2ccccc2)cc1. The van der Waals surface area contributed by atoms with Gasteiger partial charge in [0.05, 0.1) is 6.61 Å². The van der Waals surface area contributed by atoms with Crippen LogP contribution in [0.25, 0.3) is 11.1 Å². The monoisotopic (exact) mass is 392 g/mol. The van der Waals surface area contributed by atoms with Gasteiger partial charge in [0, 0.05) is 13.3 Å². The Morgan fingerprint density at radius 2 is 1.69 bits per heavy atom. The fourth-order valence-electron chi connectivity index (χ4n) is 2.67. The maximum Gasteiger partial charge on any atom is 0.265 e. The van der Waals surface area contributed by atoms with Gasteiger partial charge in [0.1, 0.15) is 18.0 Å². The molecule has 1 aromatic heterocycles. The first kappa shape index (κ1) is 20.4. The summed E-state index contributed by atoms with van der Waals surface area (Å²) in [6, 6.07) is 21.2. The van der Waals surface area contributed by atoms with Gasteiger partial charge >= 0.3 is 0 Å². The van der Waals surface area contributed by atoms with Crippen LogP contribution in [-0.4, -0.2) is 37.3 Å². The second-order valence-electron chi connectivity index (χ2n) is 6.34. The maximum absolute atomic E-state index is 12.5. The summed E-state index contributed by atoms with van der Waals surface area (Å²) in [5, 5.41) is 2.80. The van der Waals surface area contributed by atoms with Crippen LogP contribution >= 0.6 is 0 Å². The first-order chi connectivity index (χ1) is 14.2. The zero-order valence-corrected chi connectivity index (χ0v) is 16.5. The number of nitrogens with one attached hydrogen (secondary N) is 1. The van der Waals surface area contributed by atoms with E-state index in [-0.39, 0.29) is 5.91 Å². The molecule has 1 N–H and O–H groups in total. The van der Waals surface area contributed by atoms with Crippen molar-refractivity contribution in [2.45, 2.75) is 13.0 Å². The van der Waals surface area contributed by atoms with E-state index >= 15 is 0 Å². The highest BCUT2D eigenvalue weighted by molar-refractivity contribution is 5.95. The molecule has 0 spiro atoms. The number of hydrogen-bond donors (Lipinski definition) is 1. The molecule has 0 aliphatic rings. The maximum atomic E-state index is 12.5. The fourth-order valence-corrected chi connectivity index (χ4v) is 2.67. The Morgan fingerprint density at radius 3 is 2.41 bits per heavy atom. The van der Waals surface area contributed by atoms with Gasteiger partial charge in [-0.15, -0.1) is 0 Å². The van der Waals surface area contributed by atoms with E-state index in [1.807, 2.05) is 54.6 Å². The minimum Gasteiger partial charge on any atom is -0.481 e. The number of carbonyl (C=O) groups is 1. The number of nitrogens with zero attached hydrogens (tertiary/aromatic N) is 1. The van der Waals surface area contributed by atoms with Crippen molar-refractivity contribution >= 4 is 11.6 Å². The van der Waals surface area contributed by atoms with E-state index in [0.29, 0.717) is 30.5 Å². The van der Waals surface area contributed by atoms with E-state index in [1.54, 1.807) is 32.4 Å². The molecule has 6 heteroatoms. The van der Waals surface area contributed by atoms with Crippen LogP contribution in [0.1, 0.15) is 6.92 Å². The Balaban J connectivity index is 1.60. The lowest BCUT2D eigenvalue weighted by Gasteiger charge is -2.16. The van der Waals surface area contributed by atoms with Gasteiger partial charge in [0.25, 0.3) is 5.91 Å². The minimum absolute atomic E-state index is 0.290. The molecule has 0 radical (unpaired) electrons. The molecule has 0 saturated heterocycles. The molecule has 150 valence electrons. The molecule has 3 aromatic rings. The van der Waals surface area contributed by atoms with Gasteiger partial charge in [-0.05, 0) is 42.3 Å². The van der Waals surface area contributed by atoms with Crippen molar-refractivity contribution in [3.63, 3.8) is 0 Å². The average molecular weight is 392 g/mol. The summed E-state index contributed by atoms with van der Waals surface area (Å²) in [6.07, 6.45) is 0.913. The summed E-state index contributed by atoms with van der Waals surface area (Å²) in [6.45, 7) is 2.47. The van der Waals surface area contributed by atoms with E-state index in [0.717, 1.165) is 11.1 Å². The lowest BCUT2D eigenvalue weighted by atomic mass is 10.1. The lowest BCUT2D eigenvalue weighted by molar-refractivity contribution is -0.122. The van der Waals surface area contributed by atoms with Gasteiger partial charge in [0.2, 0.25) is 5.88 Å². The van der Waals surface area contributed by atoms with Crippen molar-refractivity contribution < 1.29 is 19.0 Å². The van der Waals surface area contributed by atoms with Crippen molar-refractivity contribution in [3.8, 4) is 22.8 Å². The van der Waals surface area contributed by atoms with Crippen molar-refractivity contribution in [1.29, 1.82) is 0 Å². The highest BCUT2D eigenvalue weighted by Gasteiger charge is 2.17. The molecular formula is C23H24N2O4. The van der Waals surface area contributed by atoms with Crippen LogP contribution in [0, 0.1) is 0 Å². The molecule has 0 saturated carbocycles. The Bertz CT molecular complexity index is 914. The molecule has 6 nitrogen and oxygen atoms in total. The van der Waals surface area contributed by atoms with Crippen LogP contribution in [0.2, 0.25) is 0 Å². The van der Waals surface area contributed by atoms with Gasteiger partial charge in [-0.1, -0.05) is 42.5 Å². The predicted octanol–water partition coefficient (Wildman–Crippen LogP) is 4.18. The van der Waals surface area contributed by atoms with E-state index in [9.17, 15) is 4.79 Å². The van der Waals surface area contributed by atoms with Crippen molar-refractivity contribution in [3.05, 3.63) is 72.9 Å². The standard InChI is InChI=1S/C23H24N2O4/c1-17(22(26)25-21-9-6-14-24-23(21)28-16-15-27-2)29-20-12-10-19(11-13-20)18-7-4-3-5-8-18/h3-14,17H,15-16H2,1-2H3,(H,25,26). The fraction of sp³-hybridized carbons (Fsp3) is 0.217. The summed E-state index contributed by atoms with van der Waals surface area (Å²) in [5.41, 5.74) is 2.70. The normalized spacial score (nSPS) is 11.5. The Morgan fingerprint density at radius 1 is 0.966 bits per heavy atom. The summed E-state index contributed by atoms with van der Waals surface area (Å²) in [5.74, 6) is 0.675. The Kier molecular flexibility index (Phi) is 7.19. The number of carbonyl (C=O) groups excluding carboxylic acids is 1. The lowest BCUT2D eigenvalue weighted by Crippen LogP contribution is -2.30. The quantitative estimate of drug-likeness (QED) is 0.553. The molecular weight excluding hydrogens is 368 g/mol. The van der Waals surface area contributed by atoms with Gasteiger partial charge in [-0.3, -0.25) is 4.79 Å². The van der Waals surface area contributed by atoms with Crippen LogP contribution in [0.4, 0.5) is 5.69 Å². The van der Waals surface area contributed by atoms with Crippen molar-refractivity contribution in [2.75, 3.05) is 25.6 Å². The number of rotatable bonds is 9. The summed E-state index contributed by atoms with van der Waals surface area (Å²) in [7, 11) is 1.59. The van der Waals surface area contributed by atoms with Crippen LogP contribution in [0.15, 0.2) is 72.9 Å². The Hall–Kier alpha value is -3.38. The molecule has 0 aliphatic carbocycles. The highest BCUT2D eigenvalue weighted by Crippen LogP contribution is 2.24. The second-order valence-corrected chi connectivity index (χ2v) is 6.34.